The van der Waals surface area contributed by atoms with Gasteiger partial charge in [0.1, 0.15) is 17.3 Å². The zero-order valence-electron chi connectivity index (χ0n) is 18.9. The Morgan fingerprint density at radius 1 is 0.886 bits per heavy atom. The maximum atomic E-state index is 12.7. The van der Waals surface area contributed by atoms with E-state index >= 15 is 0 Å². The summed E-state index contributed by atoms with van der Waals surface area (Å²) in [5.74, 6) is 0.428. The van der Waals surface area contributed by atoms with Crippen molar-refractivity contribution < 1.29 is 19.1 Å². The molecule has 0 saturated carbocycles. The molecule has 0 aliphatic rings. The molecule has 0 radical (unpaired) electrons. The van der Waals surface area contributed by atoms with Gasteiger partial charge < -0.3 is 20.7 Å². The van der Waals surface area contributed by atoms with Gasteiger partial charge in [0.2, 0.25) is 5.91 Å². The van der Waals surface area contributed by atoms with Crippen molar-refractivity contribution in [1.82, 2.24) is 10.3 Å². The fourth-order valence-corrected chi connectivity index (χ4v) is 3.46. The molecule has 0 aliphatic carbocycles. The average Bonchev–Trinajstić information content (AvgIpc) is 2.88. The van der Waals surface area contributed by atoms with Crippen LogP contribution in [0.5, 0.6) is 11.5 Å². The van der Waals surface area contributed by atoms with Crippen molar-refractivity contribution in [1.29, 1.82) is 0 Å². The highest BCUT2D eigenvalue weighted by molar-refractivity contribution is 6.07. The first-order chi connectivity index (χ1) is 17.0. The molecule has 35 heavy (non-hydrogen) atoms. The Labute approximate surface area is 201 Å². The normalized spacial score (nSPS) is 10.3. The molecule has 4 rings (SSSR count). The topological polar surface area (TPSA) is 109 Å². The van der Waals surface area contributed by atoms with Gasteiger partial charge in [-0.25, -0.2) is 4.98 Å². The van der Waals surface area contributed by atoms with Crippen LogP contribution < -0.4 is 20.7 Å². The first-order valence-corrected chi connectivity index (χ1v) is 10.7. The minimum Gasteiger partial charge on any atom is -0.457 e. The SMILES string of the molecule is C=CC(=O)Nc1cccc(C(=O)Nc2cc(Oc3ccc4c(C(=O)NC)cccc4c3)ccn2)c1. The Morgan fingerprint density at radius 3 is 2.49 bits per heavy atom. The summed E-state index contributed by atoms with van der Waals surface area (Å²) < 4.78 is 5.97. The fraction of sp³-hybridized carbons (Fsp3) is 0.0370. The van der Waals surface area contributed by atoms with E-state index in [4.69, 9.17) is 4.74 Å². The van der Waals surface area contributed by atoms with Crippen molar-refractivity contribution in [3.63, 3.8) is 0 Å². The summed E-state index contributed by atoms with van der Waals surface area (Å²) in [5, 5.41) is 9.66. The van der Waals surface area contributed by atoms with Gasteiger partial charge >= 0.3 is 0 Å². The van der Waals surface area contributed by atoms with E-state index in [1.807, 2.05) is 24.3 Å². The maximum Gasteiger partial charge on any atom is 0.256 e. The number of anilines is 2. The zero-order valence-corrected chi connectivity index (χ0v) is 18.9. The Morgan fingerprint density at radius 2 is 1.69 bits per heavy atom. The van der Waals surface area contributed by atoms with Gasteiger partial charge in [0.05, 0.1) is 0 Å². The minimum atomic E-state index is -0.392. The predicted octanol–water partition coefficient (Wildman–Crippen LogP) is 4.76. The van der Waals surface area contributed by atoms with Gasteiger partial charge in [-0.15, -0.1) is 0 Å². The van der Waals surface area contributed by atoms with Crippen LogP contribution in [0.2, 0.25) is 0 Å². The predicted molar refractivity (Wildman–Crippen MR) is 135 cm³/mol. The molecule has 8 heteroatoms. The fourth-order valence-electron chi connectivity index (χ4n) is 3.46. The monoisotopic (exact) mass is 466 g/mol. The number of carbonyl (C=O) groups excluding carboxylic acids is 3. The van der Waals surface area contributed by atoms with E-state index < -0.39 is 5.91 Å². The van der Waals surface area contributed by atoms with E-state index in [2.05, 4.69) is 27.5 Å². The molecule has 0 atom stereocenters. The summed E-state index contributed by atoms with van der Waals surface area (Å²) in [6.07, 6.45) is 2.68. The van der Waals surface area contributed by atoms with E-state index in [0.29, 0.717) is 34.1 Å². The second kappa shape index (κ2) is 10.3. The Kier molecular flexibility index (Phi) is 6.83. The largest absolute Gasteiger partial charge is 0.457 e. The standard InChI is InChI=1S/C27H22N4O4/c1-3-25(32)30-19-8-4-7-18(14-19)26(33)31-24-16-21(12-13-29-24)35-20-10-11-22-17(15-20)6-5-9-23(22)27(34)28-2/h3-16H,1H2,2H3,(H,28,34)(H,30,32)(H,29,31,33). The number of aromatic nitrogens is 1. The Bertz CT molecular complexity index is 1450. The van der Waals surface area contributed by atoms with Crippen molar-refractivity contribution in [3.8, 4) is 11.5 Å². The molecular weight excluding hydrogens is 444 g/mol. The summed E-state index contributed by atoms with van der Waals surface area (Å²) in [6, 6.07) is 20.7. The first-order valence-electron chi connectivity index (χ1n) is 10.7. The second-order valence-corrected chi connectivity index (χ2v) is 7.47. The zero-order chi connectivity index (χ0) is 24.8. The van der Waals surface area contributed by atoms with E-state index in [0.717, 1.165) is 16.8 Å². The van der Waals surface area contributed by atoms with Crippen molar-refractivity contribution in [2.24, 2.45) is 0 Å². The molecule has 0 saturated heterocycles. The number of rotatable bonds is 7. The quantitative estimate of drug-likeness (QED) is 0.340. The highest BCUT2D eigenvalue weighted by atomic mass is 16.5. The first kappa shape index (κ1) is 23.2. The lowest BCUT2D eigenvalue weighted by molar-refractivity contribution is -0.111. The van der Waals surface area contributed by atoms with Gasteiger partial charge in [0, 0.05) is 36.1 Å². The number of hydrogen-bond donors (Lipinski definition) is 3. The van der Waals surface area contributed by atoms with Crippen LogP contribution in [0.3, 0.4) is 0 Å². The van der Waals surface area contributed by atoms with Crippen LogP contribution in [-0.2, 0) is 4.79 Å². The third kappa shape index (κ3) is 5.51. The number of nitrogens with one attached hydrogen (secondary N) is 3. The average molecular weight is 466 g/mol. The summed E-state index contributed by atoms with van der Waals surface area (Å²) >= 11 is 0. The lowest BCUT2D eigenvalue weighted by Gasteiger charge is -2.11. The van der Waals surface area contributed by atoms with Crippen LogP contribution in [0.1, 0.15) is 20.7 Å². The maximum absolute atomic E-state index is 12.7. The van der Waals surface area contributed by atoms with Gasteiger partial charge in [-0.1, -0.05) is 24.8 Å². The highest BCUT2D eigenvalue weighted by Crippen LogP contribution is 2.28. The van der Waals surface area contributed by atoms with Crippen molar-refractivity contribution in [2.45, 2.75) is 0 Å². The highest BCUT2D eigenvalue weighted by Gasteiger charge is 2.11. The van der Waals surface area contributed by atoms with Crippen LogP contribution in [-0.4, -0.2) is 29.8 Å². The summed E-state index contributed by atoms with van der Waals surface area (Å²) in [6.45, 7) is 3.41. The van der Waals surface area contributed by atoms with Crippen LogP contribution in [0.25, 0.3) is 10.8 Å². The third-order valence-electron chi connectivity index (χ3n) is 5.11. The van der Waals surface area contributed by atoms with Crippen LogP contribution >= 0.6 is 0 Å². The number of benzene rings is 3. The molecular formula is C27H22N4O4. The van der Waals surface area contributed by atoms with Crippen LogP contribution in [0.15, 0.2) is 91.6 Å². The molecule has 3 N–H and O–H groups in total. The number of fused-ring (bicyclic) bond motifs is 1. The molecule has 0 bridgehead atoms. The van der Waals surface area contributed by atoms with Crippen molar-refractivity contribution in [3.05, 3.63) is 103 Å². The van der Waals surface area contributed by atoms with E-state index in [1.54, 1.807) is 55.6 Å². The number of nitrogens with zero attached hydrogens (tertiary/aromatic N) is 1. The molecule has 3 aromatic carbocycles. The van der Waals surface area contributed by atoms with Gasteiger partial charge in [0.25, 0.3) is 11.8 Å². The molecule has 8 nitrogen and oxygen atoms in total. The van der Waals surface area contributed by atoms with E-state index in [1.165, 1.54) is 6.20 Å². The van der Waals surface area contributed by atoms with E-state index in [9.17, 15) is 14.4 Å². The van der Waals surface area contributed by atoms with E-state index in [-0.39, 0.29) is 11.8 Å². The van der Waals surface area contributed by atoms with Crippen LogP contribution in [0, 0.1) is 0 Å². The van der Waals surface area contributed by atoms with Crippen LogP contribution in [0.4, 0.5) is 11.5 Å². The molecule has 0 spiro atoms. The smallest absolute Gasteiger partial charge is 0.256 e. The third-order valence-corrected chi connectivity index (χ3v) is 5.11. The van der Waals surface area contributed by atoms with Gasteiger partial charge in [-0.2, -0.15) is 0 Å². The number of pyridine rings is 1. The molecule has 4 aromatic rings. The number of carbonyl (C=O) groups is 3. The Hall–Kier alpha value is -4.98. The minimum absolute atomic E-state index is 0.160. The number of hydrogen-bond acceptors (Lipinski definition) is 5. The molecule has 174 valence electrons. The van der Waals surface area contributed by atoms with Crippen molar-refractivity contribution >= 4 is 40.0 Å². The summed E-state index contributed by atoms with van der Waals surface area (Å²) in [5.41, 5.74) is 1.41. The second-order valence-electron chi connectivity index (χ2n) is 7.47. The molecule has 1 heterocycles. The molecule has 0 aliphatic heterocycles. The molecule has 0 fully saturated rings. The number of ether oxygens (including phenoxy) is 1. The summed E-state index contributed by atoms with van der Waals surface area (Å²) in [7, 11) is 1.59. The van der Waals surface area contributed by atoms with Gasteiger partial charge in [0.15, 0.2) is 0 Å². The molecule has 0 unspecified atom stereocenters. The molecule has 3 amide bonds. The lowest BCUT2D eigenvalue weighted by atomic mass is 10.0. The van der Waals surface area contributed by atoms with Gasteiger partial charge in [-0.3, -0.25) is 14.4 Å². The van der Waals surface area contributed by atoms with Gasteiger partial charge in [-0.05, 0) is 65.4 Å². The number of amides is 3. The molecule has 1 aromatic heterocycles. The summed E-state index contributed by atoms with van der Waals surface area (Å²) in [4.78, 5) is 40.5. The lowest BCUT2D eigenvalue weighted by Crippen LogP contribution is -2.17. The van der Waals surface area contributed by atoms with Crippen molar-refractivity contribution in [2.75, 3.05) is 17.7 Å². The Balaban J connectivity index is 1.50.